The Morgan fingerprint density at radius 3 is 2.60 bits per heavy atom. The minimum Gasteiger partial charge on any atom is -0.399 e. The maximum absolute atomic E-state index is 12.7. The summed E-state index contributed by atoms with van der Waals surface area (Å²) in [4.78, 5) is 0. The number of hydrogen-bond donors (Lipinski definition) is 1. The van der Waals surface area contributed by atoms with Crippen LogP contribution in [0, 0.1) is 0 Å². The third-order valence-electron chi connectivity index (χ3n) is 3.40. The molecular weight excluding hydrogens is 205 g/mol. The molecule has 15 heavy (non-hydrogen) atoms. The molecule has 82 valence electrons. The molecule has 0 spiro atoms. The predicted octanol–water partition coefficient (Wildman–Crippen LogP) is 2.83. The molecule has 1 aromatic rings. The third kappa shape index (κ3) is 2.10. The van der Waals surface area contributed by atoms with E-state index in [1.54, 1.807) is 0 Å². The number of benzene rings is 1. The molecule has 0 bridgehead atoms. The quantitative estimate of drug-likeness (QED) is 0.618. The molecular formula is C12H18NOP. The van der Waals surface area contributed by atoms with Crippen LogP contribution in [0.1, 0.15) is 25.7 Å². The van der Waals surface area contributed by atoms with Crippen LogP contribution in [0.15, 0.2) is 24.3 Å². The van der Waals surface area contributed by atoms with E-state index in [0.717, 1.165) is 18.1 Å². The Morgan fingerprint density at radius 2 is 2.00 bits per heavy atom. The fraction of sp³-hybridized carbons (Fsp3) is 0.500. The Labute approximate surface area is 91.2 Å². The van der Waals surface area contributed by atoms with Gasteiger partial charge < -0.3 is 10.3 Å². The first-order chi connectivity index (χ1) is 7.10. The van der Waals surface area contributed by atoms with Crippen molar-refractivity contribution in [2.24, 2.45) is 0 Å². The van der Waals surface area contributed by atoms with Crippen LogP contribution in [0.4, 0.5) is 5.69 Å². The van der Waals surface area contributed by atoms with E-state index in [1.165, 1.54) is 12.8 Å². The van der Waals surface area contributed by atoms with Crippen molar-refractivity contribution in [1.29, 1.82) is 0 Å². The van der Waals surface area contributed by atoms with Crippen LogP contribution in [0.25, 0.3) is 0 Å². The van der Waals surface area contributed by atoms with E-state index < -0.39 is 7.14 Å². The summed E-state index contributed by atoms with van der Waals surface area (Å²) in [6.45, 7) is 1.91. The lowest BCUT2D eigenvalue weighted by atomic mass is 10.3. The monoisotopic (exact) mass is 223 g/mol. The van der Waals surface area contributed by atoms with Gasteiger partial charge in [0, 0.05) is 16.7 Å². The summed E-state index contributed by atoms with van der Waals surface area (Å²) in [7, 11) is -2.20. The van der Waals surface area contributed by atoms with Gasteiger partial charge in [-0.25, -0.2) is 0 Å². The van der Waals surface area contributed by atoms with Gasteiger partial charge in [-0.3, -0.25) is 0 Å². The van der Waals surface area contributed by atoms with Crippen molar-refractivity contribution in [2.75, 3.05) is 12.4 Å². The topological polar surface area (TPSA) is 43.1 Å². The van der Waals surface area contributed by atoms with Gasteiger partial charge in [-0.05, 0) is 31.6 Å². The summed E-state index contributed by atoms with van der Waals surface area (Å²) >= 11 is 0. The lowest BCUT2D eigenvalue weighted by Crippen LogP contribution is -2.14. The average Bonchev–Trinajstić information content (AvgIpc) is 2.71. The van der Waals surface area contributed by atoms with Crippen molar-refractivity contribution in [3.63, 3.8) is 0 Å². The molecule has 0 aliphatic heterocycles. The van der Waals surface area contributed by atoms with Crippen LogP contribution in [-0.2, 0) is 4.57 Å². The van der Waals surface area contributed by atoms with Gasteiger partial charge in [-0.2, -0.15) is 0 Å². The minimum atomic E-state index is -2.20. The molecule has 2 rings (SSSR count). The standard InChI is InChI=1S/C12H18NOP/c1-15(14,11-6-2-3-7-11)12-8-4-5-10(13)9-12/h4-5,8-9,11H,2-3,6-7,13H2,1H3. The predicted molar refractivity (Wildman–Crippen MR) is 66.3 cm³/mol. The summed E-state index contributed by atoms with van der Waals surface area (Å²) in [6, 6.07) is 7.57. The number of nitrogens with two attached hydrogens (primary N) is 1. The molecule has 0 aromatic heterocycles. The molecule has 1 fully saturated rings. The molecule has 3 heteroatoms. The molecule has 2 nitrogen and oxygen atoms in total. The van der Waals surface area contributed by atoms with Crippen LogP contribution in [-0.4, -0.2) is 12.3 Å². The maximum atomic E-state index is 12.7. The highest BCUT2D eigenvalue weighted by molar-refractivity contribution is 7.71. The van der Waals surface area contributed by atoms with Crippen LogP contribution >= 0.6 is 7.14 Å². The summed E-state index contributed by atoms with van der Waals surface area (Å²) in [5, 5.41) is 0.953. The van der Waals surface area contributed by atoms with Crippen molar-refractivity contribution >= 4 is 18.1 Å². The highest BCUT2D eigenvalue weighted by Crippen LogP contribution is 2.52. The van der Waals surface area contributed by atoms with Gasteiger partial charge in [-0.1, -0.05) is 25.0 Å². The first-order valence-corrected chi connectivity index (χ1v) is 7.76. The van der Waals surface area contributed by atoms with Crippen LogP contribution in [0.3, 0.4) is 0 Å². The summed E-state index contributed by atoms with van der Waals surface area (Å²) in [5.41, 5.74) is 6.84. The van der Waals surface area contributed by atoms with Crippen LogP contribution < -0.4 is 11.0 Å². The molecule has 1 aromatic carbocycles. The molecule has 1 saturated carbocycles. The smallest absolute Gasteiger partial charge is 0.115 e. The average molecular weight is 223 g/mol. The largest absolute Gasteiger partial charge is 0.399 e. The third-order valence-corrected chi connectivity index (χ3v) is 6.62. The second kappa shape index (κ2) is 4.02. The fourth-order valence-corrected chi connectivity index (χ4v) is 4.97. The molecule has 1 aliphatic rings. The molecule has 1 atom stereocenters. The lowest BCUT2D eigenvalue weighted by Gasteiger charge is -2.20. The summed E-state index contributed by atoms with van der Waals surface area (Å²) < 4.78 is 12.7. The Balaban J connectivity index is 2.32. The van der Waals surface area contributed by atoms with Gasteiger partial charge >= 0.3 is 0 Å². The van der Waals surface area contributed by atoms with E-state index in [1.807, 2.05) is 30.9 Å². The second-order valence-corrected chi connectivity index (χ2v) is 7.75. The SMILES string of the molecule is CP(=O)(c1cccc(N)c1)C1CCCC1. The minimum absolute atomic E-state index is 0.388. The Hall–Kier alpha value is -0.750. The van der Waals surface area contributed by atoms with Gasteiger partial charge in [-0.15, -0.1) is 0 Å². The zero-order valence-electron chi connectivity index (χ0n) is 9.15. The highest BCUT2D eigenvalue weighted by Gasteiger charge is 2.32. The zero-order valence-corrected chi connectivity index (χ0v) is 10.0. The van der Waals surface area contributed by atoms with E-state index in [2.05, 4.69) is 0 Å². The van der Waals surface area contributed by atoms with Gasteiger partial charge in [0.2, 0.25) is 0 Å². The first-order valence-electron chi connectivity index (χ1n) is 5.54. The zero-order chi connectivity index (χ0) is 10.9. The molecule has 2 N–H and O–H groups in total. The van der Waals surface area contributed by atoms with Crippen molar-refractivity contribution < 1.29 is 4.57 Å². The number of hydrogen-bond acceptors (Lipinski definition) is 2. The van der Waals surface area contributed by atoms with E-state index in [9.17, 15) is 4.57 Å². The van der Waals surface area contributed by atoms with Crippen molar-refractivity contribution in [3.8, 4) is 0 Å². The van der Waals surface area contributed by atoms with Crippen molar-refractivity contribution in [2.45, 2.75) is 31.3 Å². The normalized spacial score (nSPS) is 21.4. The van der Waals surface area contributed by atoms with Crippen molar-refractivity contribution in [1.82, 2.24) is 0 Å². The summed E-state index contributed by atoms with van der Waals surface area (Å²) in [5.74, 6) is 0. The van der Waals surface area contributed by atoms with E-state index in [0.29, 0.717) is 11.3 Å². The van der Waals surface area contributed by atoms with Crippen molar-refractivity contribution in [3.05, 3.63) is 24.3 Å². The first kappa shape index (κ1) is 10.8. The number of anilines is 1. The number of rotatable bonds is 2. The van der Waals surface area contributed by atoms with Gasteiger partial charge in [0.25, 0.3) is 0 Å². The summed E-state index contributed by atoms with van der Waals surface area (Å²) in [6.07, 6.45) is 4.68. The van der Waals surface area contributed by atoms with E-state index >= 15 is 0 Å². The van der Waals surface area contributed by atoms with Crippen LogP contribution in [0.2, 0.25) is 0 Å². The second-order valence-electron chi connectivity index (χ2n) is 4.52. The molecule has 0 heterocycles. The van der Waals surface area contributed by atoms with Gasteiger partial charge in [0.1, 0.15) is 7.14 Å². The Morgan fingerprint density at radius 1 is 1.33 bits per heavy atom. The highest BCUT2D eigenvalue weighted by atomic mass is 31.2. The lowest BCUT2D eigenvalue weighted by molar-refractivity contribution is 0.574. The molecule has 1 aliphatic carbocycles. The Kier molecular flexibility index (Phi) is 2.88. The molecule has 0 radical (unpaired) electrons. The van der Waals surface area contributed by atoms with Gasteiger partial charge in [0.05, 0.1) is 0 Å². The molecule has 1 unspecified atom stereocenters. The van der Waals surface area contributed by atoms with E-state index in [-0.39, 0.29) is 0 Å². The van der Waals surface area contributed by atoms with Gasteiger partial charge in [0.15, 0.2) is 0 Å². The molecule has 0 saturated heterocycles. The number of nitrogen functional groups attached to an aromatic ring is 1. The Bertz CT molecular complexity index is 396. The maximum Gasteiger partial charge on any atom is 0.115 e. The van der Waals surface area contributed by atoms with E-state index in [4.69, 9.17) is 5.73 Å². The fourth-order valence-electron chi connectivity index (χ4n) is 2.41. The molecule has 0 amide bonds. The van der Waals surface area contributed by atoms with Crippen LogP contribution in [0.5, 0.6) is 0 Å².